The van der Waals surface area contributed by atoms with Gasteiger partial charge >= 0.3 is 5.63 Å². The number of thiazole rings is 1. The highest BCUT2D eigenvalue weighted by molar-refractivity contribution is 7.11. The zero-order valence-corrected chi connectivity index (χ0v) is 11.4. The first kappa shape index (κ1) is 12.2. The summed E-state index contributed by atoms with van der Waals surface area (Å²) >= 11 is 7.25. The molecule has 0 unspecified atom stereocenters. The molecular formula is C13H8ClNO3S. The summed E-state index contributed by atoms with van der Waals surface area (Å²) in [4.78, 5) is 16.1. The summed E-state index contributed by atoms with van der Waals surface area (Å²) in [5.74, 6) is 0. The molecule has 0 amide bonds. The van der Waals surface area contributed by atoms with Crippen molar-refractivity contribution in [1.29, 1.82) is 0 Å². The van der Waals surface area contributed by atoms with Crippen LogP contribution in [0.25, 0.3) is 22.2 Å². The SMILES string of the molecule is COc1nc(-c2cc3cc(Cl)ccc3oc2=O)cs1. The highest BCUT2D eigenvalue weighted by Gasteiger charge is 2.11. The van der Waals surface area contributed by atoms with Crippen LogP contribution >= 0.6 is 22.9 Å². The summed E-state index contributed by atoms with van der Waals surface area (Å²) in [6.45, 7) is 0. The van der Waals surface area contributed by atoms with Gasteiger partial charge in [0.25, 0.3) is 5.19 Å². The standard InChI is InChI=1S/C13H8ClNO3S/c1-17-13-15-10(6-19-13)9-5-7-4-8(14)2-3-11(7)18-12(9)16/h2-6H,1H3. The van der Waals surface area contributed by atoms with Crippen molar-refractivity contribution >= 4 is 33.9 Å². The van der Waals surface area contributed by atoms with Crippen molar-refractivity contribution in [1.82, 2.24) is 4.98 Å². The Morgan fingerprint density at radius 2 is 2.21 bits per heavy atom. The van der Waals surface area contributed by atoms with Gasteiger partial charge in [0.1, 0.15) is 5.58 Å². The van der Waals surface area contributed by atoms with E-state index in [0.29, 0.717) is 27.1 Å². The van der Waals surface area contributed by atoms with E-state index < -0.39 is 5.63 Å². The highest BCUT2D eigenvalue weighted by atomic mass is 35.5. The van der Waals surface area contributed by atoms with Crippen LogP contribution < -0.4 is 10.4 Å². The average molecular weight is 294 g/mol. The minimum Gasteiger partial charge on any atom is -0.473 e. The second kappa shape index (κ2) is 4.68. The third-order valence-corrected chi connectivity index (χ3v) is 3.66. The maximum Gasteiger partial charge on any atom is 0.345 e. The summed E-state index contributed by atoms with van der Waals surface area (Å²) in [5.41, 5.74) is 1.01. The Labute approximate surface area is 117 Å². The predicted octanol–water partition coefficient (Wildman–Crippen LogP) is 3.58. The lowest BCUT2D eigenvalue weighted by atomic mass is 10.1. The van der Waals surface area contributed by atoms with Crippen molar-refractivity contribution in [3.05, 3.63) is 45.1 Å². The average Bonchev–Trinajstić information content (AvgIpc) is 2.87. The second-order valence-electron chi connectivity index (χ2n) is 3.83. The van der Waals surface area contributed by atoms with Gasteiger partial charge < -0.3 is 9.15 Å². The third kappa shape index (κ3) is 2.22. The van der Waals surface area contributed by atoms with E-state index in [9.17, 15) is 4.79 Å². The van der Waals surface area contributed by atoms with Gasteiger partial charge in [-0.15, -0.1) is 0 Å². The van der Waals surface area contributed by atoms with Crippen LogP contribution in [0, 0.1) is 0 Å². The Balaban J connectivity index is 2.23. The van der Waals surface area contributed by atoms with E-state index in [1.807, 2.05) is 0 Å². The second-order valence-corrected chi connectivity index (χ2v) is 5.09. The van der Waals surface area contributed by atoms with Crippen LogP contribution in [0.1, 0.15) is 0 Å². The molecule has 0 aliphatic rings. The maximum atomic E-state index is 11.9. The van der Waals surface area contributed by atoms with Crippen LogP contribution in [0.3, 0.4) is 0 Å². The lowest BCUT2D eigenvalue weighted by molar-refractivity contribution is 0.412. The molecule has 0 spiro atoms. The predicted molar refractivity (Wildman–Crippen MR) is 75.2 cm³/mol. The molecule has 0 atom stereocenters. The van der Waals surface area contributed by atoms with Gasteiger partial charge in [0, 0.05) is 15.8 Å². The summed E-state index contributed by atoms with van der Waals surface area (Å²) in [7, 11) is 1.53. The van der Waals surface area contributed by atoms with Gasteiger partial charge in [-0.25, -0.2) is 9.78 Å². The van der Waals surface area contributed by atoms with E-state index in [0.717, 1.165) is 5.39 Å². The molecule has 0 aliphatic carbocycles. The zero-order valence-electron chi connectivity index (χ0n) is 9.84. The molecule has 0 saturated heterocycles. The number of hydrogen-bond acceptors (Lipinski definition) is 5. The lowest BCUT2D eigenvalue weighted by Gasteiger charge is -2.00. The van der Waals surface area contributed by atoms with E-state index >= 15 is 0 Å². The first-order chi connectivity index (χ1) is 9.17. The minimum absolute atomic E-state index is 0.398. The van der Waals surface area contributed by atoms with Crippen LogP contribution in [0.2, 0.25) is 5.02 Å². The van der Waals surface area contributed by atoms with Crippen LogP contribution in [-0.4, -0.2) is 12.1 Å². The quantitative estimate of drug-likeness (QED) is 0.678. The van der Waals surface area contributed by atoms with E-state index in [2.05, 4.69) is 4.98 Å². The van der Waals surface area contributed by atoms with E-state index in [4.69, 9.17) is 20.8 Å². The van der Waals surface area contributed by atoms with Crippen LogP contribution in [0.4, 0.5) is 0 Å². The molecule has 2 aromatic heterocycles. The molecule has 3 rings (SSSR count). The molecule has 0 fully saturated rings. The Hall–Kier alpha value is -1.85. The van der Waals surface area contributed by atoms with Gasteiger partial charge in [-0.2, -0.15) is 0 Å². The van der Waals surface area contributed by atoms with Crippen molar-refractivity contribution in [2.45, 2.75) is 0 Å². The Bertz CT molecular complexity index is 809. The van der Waals surface area contributed by atoms with E-state index in [1.165, 1.54) is 18.4 Å². The maximum absolute atomic E-state index is 11.9. The zero-order chi connectivity index (χ0) is 13.4. The summed E-state index contributed by atoms with van der Waals surface area (Å²) in [5, 5.41) is 3.60. The molecule has 6 heteroatoms. The molecule has 3 aromatic rings. The topological polar surface area (TPSA) is 52.3 Å². The molecule has 0 radical (unpaired) electrons. The van der Waals surface area contributed by atoms with Gasteiger partial charge in [0.05, 0.1) is 18.4 Å². The number of rotatable bonds is 2. The van der Waals surface area contributed by atoms with Gasteiger partial charge in [0.15, 0.2) is 0 Å². The number of methoxy groups -OCH3 is 1. The Morgan fingerprint density at radius 1 is 1.37 bits per heavy atom. The molecule has 0 N–H and O–H groups in total. The van der Waals surface area contributed by atoms with Crippen molar-refractivity contribution in [3.63, 3.8) is 0 Å². The van der Waals surface area contributed by atoms with Crippen LogP contribution in [-0.2, 0) is 0 Å². The van der Waals surface area contributed by atoms with Gasteiger partial charge in [-0.05, 0) is 24.3 Å². The molecular weight excluding hydrogens is 286 g/mol. The number of ether oxygens (including phenoxy) is 1. The summed E-state index contributed by atoms with van der Waals surface area (Å²) in [6, 6.07) is 6.82. The number of aromatic nitrogens is 1. The molecule has 0 saturated carbocycles. The van der Waals surface area contributed by atoms with Gasteiger partial charge in [0.2, 0.25) is 0 Å². The normalized spacial score (nSPS) is 10.8. The molecule has 19 heavy (non-hydrogen) atoms. The highest BCUT2D eigenvalue weighted by Crippen LogP contribution is 2.27. The van der Waals surface area contributed by atoms with Gasteiger partial charge in [-0.1, -0.05) is 22.9 Å². The molecule has 0 aliphatic heterocycles. The fourth-order valence-electron chi connectivity index (χ4n) is 1.75. The van der Waals surface area contributed by atoms with Crippen LogP contribution in [0.5, 0.6) is 5.19 Å². The van der Waals surface area contributed by atoms with Gasteiger partial charge in [-0.3, -0.25) is 0 Å². The first-order valence-electron chi connectivity index (χ1n) is 5.40. The number of halogens is 1. The van der Waals surface area contributed by atoms with Crippen molar-refractivity contribution in [3.8, 4) is 16.5 Å². The van der Waals surface area contributed by atoms with Crippen molar-refractivity contribution in [2.75, 3.05) is 7.11 Å². The van der Waals surface area contributed by atoms with Crippen molar-refractivity contribution < 1.29 is 9.15 Å². The summed E-state index contributed by atoms with van der Waals surface area (Å²) < 4.78 is 10.3. The third-order valence-electron chi connectivity index (χ3n) is 2.63. The van der Waals surface area contributed by atoms with E-state index in [-0.39, 0.29) is 0 Å². The smallest absolute Gasteiger partial charge is 0.345 e. The Morgan fingerprint density at radius 3 is 2.95 bits per heavy atom. The number of hydrogen-bond donors (Lipinski definition) is 0. The first-order valence-corrected chi connectivity index (χ1v) is 6.66. The van der Waals surface area contributed by atoms with E-state index in [1.54, 1.807) is 29.6 Å². The number of nitrogens with zero attached hydrogens (tertiary/aromatic N) is 1. The molecule has 96 valence electrons. The Kier molecular flexibility index (Phi) is 3.00. The minimum atomic E-state index is -0.428. The summed E-state index contributed by atoms with van der Waals surface area (Å²) in [6.07, 6.45) is 0. The monoisotopic (exact) mass is 293 g/mol. The fourth-order valence-corrected chi connectivity index (χ4v) is 2.57. The van der Waals surface area contributed by atoms with Crippen molar-refractivity contribution in [2.24, 2.45) is 0 Å². The lowest BCUT2D eigenvalue weighted by Crippen LogP contribution is -2.02. The molecule has 2 heterocycles. The molecule has 0 bridgehead atoms. The van der Waals surface area contributed by atoms with Crippen LogP contribution in [0.15, 0.2) is 38.9 Å². The largest absolute Gasteiger partial charge is 0.473 e. The number of fused-ring (bicyclic) bond motifs is 1. The molecule has 4 nitrogen and oxygen atoms in total. The fraction of sp³-hybridized carbons (Fsp3) is 0.0769. The number of benzene rings is 1. The molecule has 1 aromatic carbocycles.